The summed E-state index contributed by atoms with van der Waals surface area (Å²) in [6, 6.07) is 0. The number of fused-ring (bicyclic) bond motifs is 1. The van der Waals surface area contributed by atoms with Gasteiger partial charge in [0.25, 0.3) is 0 Å². The molecule has 0 aliphatic heterocycles. The summed E-state index contributed by atoms with van der Waals surface area (Å²) in [5.41, 5.74) is 0.119. The van der Waals surface area contributed by atoms with Crippen LogP contribution in [-0.2, 0) is 0 Å². The molecule has 0 fully saturated rings. The molecule has 0 saturated carbocycles. The second-order valence-corrected chi connectivity index (χ2v) is 4.43. The first-order valence-corrected chi connectivity index (χ1v) is 5.04. The van der Waals surface area contributed by atoms with Crippen LogP contribution in [0.4, 0.5) is 0 Å². The largest absolute Gasteiger partial charge is 0.278 e. The second kappa shape index (κ2) is 3.12. The fraction of sp³-hybridized carbons (Fsp3) is 0.417. The lowest BCUT2D eigenvalue weighted by Crippen LogP contribution is -2.27. The first kappa shape index (κ1) is 9.25. The average Bonchev–Trinajstić information content (AvgIpc) is 2.46. The van der Waals surface area contributed by atoms with Crippen LogP contribution in [-0.4, -0.2) is 10.2 Å². The molecular formula is C12H16N2. The maximum Gasteiger partial charge on any atom is 0.0619 e. The lowest BCUT2D eigenvalue weighted by Gasteiger charge is -2.25. The number of nitrogens with one attached hydrogen (secondary N) is 1. The second-order valence-electron chi connectivity index (χ2n) is 4.43. The maximum absolute atomic E-state index is 4.05. The quantitative estimate of drug-likeness (QED) is 0.705. The van der Waals surface area contributed by atoms with E-state index in [2.05, 4.69) is 55.3 Å². The Morgan fingerprint density at radius 3 is 2.93 bits per heavy atom. The van der Waals surface area contributed by atoms with Crippen LogP contribution in [0.25, 0.3) is 12.2 Å². The highest BCUT2D eigenvalue weighted by atomic mass is 15.1. The van der Waals surface area contributed by atoms with E-state index in [1.165, 1.54) is 5.22 Å². The molecule has 0 saturated heterocycles. The van der Waals surface area contributed by atoms with E-state index >= 15 is 0 Å². The van der Waals surface area contributed by atoms with E-state index in [4.69, 9.17) is 0 Å². The lowest BCUT2D eigenvalue weighted by molar-refractivity contribution is 0.409. The number of rotatable bonds is 1. The molecule has 0 aromatic carbocycles. The van der Waals surface area contributed by atoms with Crippen molar-refractivity contribution in [3.8, 4) is 0 Å². The van der Waals surface area contributed by atoms with E-state index in [0.717, 1.165) is 5.35 Å². The van der Waals surface area contributed by atoms with Crippen molar-refractivity contribution in [1.82, 2.24) is 10.2 Å². The molecule has 0 amide bonds. The van der Waals surface area contributed by atoms with Gasteiger partial charge in [0, 0.05) is 10.6 Å². The molecule has 2 heteroatoms. The molecule has 1 aromatic heterocycles. The van der Waals surface area contributed by atoms with Crippen molar-refractivity contribution in [2.24, 2.45) is 11.3 Å². The molecule has 0 spiro atoms. The van der Waals surface area contributed by atoms with Gasteiger partial charge in [-0.05, 0) is 12.0 Å². The van der Waals surface area contributed by atoms with Crippen molar-refractivity contribution in [3.63, 3.8) is 0 Å². The Morgan fingerprint density at radius 1 is 1.43 bits per heavy atom. The van der Waals surface area contributed by atoms with Crippen LogP contribution in [0, 0.1) is 11.3 Å². The molecule has 1 aromatic rings. The number of hydrogen-bond acceptors (Lipinski definition) is 1. The zero-order valence-corrected chi connectivity index (χ0v) is 8.91. The van der Waals surface area contributed by atoms with Gasteiger partial charge in [0.1, 0.15) is 0 Å². The summed E-state index contributed by atoms with van der Waals surface area (Å²) < 4.78 is 0. The summed E-state index contributed by atoms with van der Waals surface area (Å²) in [4.78, 5) is 0. The van der Waals surface area contributed by atoms with Gasteiger partial charge in [0.15, 0.2) is 0 Å². The van der Waals surface area contributed by atoms with E-state index in [1.54, 1.807) is 0 Å². The highest BCUT2D eigenvalue weighted by molar-refractivity contribution is 5.47. The smallest absolute Gasteiger partial charge is 0.0619 e. The van der Waals surface area contributed by atoms with E-state index in [-0.39, 0.29) is 5.41 Å². The minimum absolute atomic E-state index is 0.119. The molecule has 2 nitrogen and oxygen atoms in total. The van der Waals surface area contributed by atoms with Crippen molar-refractivity contribution in [2.75, 3.05) is 0 Å². The van der Waals surface area contributed by atoms with E-state index in [9.17, 15) is 0 Å². The molecule has 0 radical (unpaired) electrons. The summed E-state index contributed by atoms with van der Waals surface area (Å²) >= 11 is 0. The van der Waals surface area contributed by atoms with E-state index in [0.29, 0.717) is 5.92 Å². The normalized spacial score (nSPS) is 25.1. The Morgan fingerprint density at radius 2 is 2.21 bits per heavy atom. The van der Waals surface area contributed by atoms with Gasteiger partial charge in [-0.15, -0.1) is 0 Å². The van der Waals surface area contributed by atoms with Crippen LogP contribution in [0.2, 0.25) is 0 Å². The predicted octanol–water partition coefficient (Wildman–Crippen LogP) is 1.20. The Kier molecular flexibility index (Phi) is 2.06. The standard InChI is InChI=1S/C12H16N2/c1-9(2)12(3)6-4-5-10-8-13-14-11(10)7-12/h4-9,14H,1-3H3. The minimum Gasteiger partial charge on any atom is -0.278 e. The van der Waals surface area contributed by atoms with Crippen LogP contribution in [0.5, 0.6) is 0 Å². The monoisotopic (exact) mass is 188 g/mol. The van der Waals surface area contributed by atoms with Gasteiger partial charge >= 0.3 is 0 Å². The molecule has 1 aliphatic rings. The Hall–Kier alpha value is -1.31. The number of hydrogen-bond donors (Lipinski definition) is 1. The Bertz CT molecular complexity index is 465. The van der Waals surface area contributed by atoms with Gasteiger partial charge in [0.05, 0.1) is 11.5 Å². The molecule has 1 aliphatic carbocycles. The zero-order valence-electron chi connectivity index (χ0n) is 8.91. The molecule has 0 bridgehead atoms. The number of aromatic amines is 1. The third-order valence-corrected chi connectivity index (χ3v) is 3.13. The summed E-state index contributed by atoms with van der Waals surface area (Å²) in [7, 11) is 0. The summed E-state index contributed by atoms with van der Waals surface area (Å²) in [5, 5.41) is 9.38. The highest BCUT2D eigenvalue weighted by Crippen LogP contribution is 2.30. The number of aromatic nitrogens is 2. The molecule has 74 valence electrons. The molecule has 1 unspecified atom stereocenters. The van der Waals surface area contributed by atoms with Crippen molar-refractivity contribution in [3.05, 3.63) is 28.9 Å². The van der Waals surface area contributed by atoms with Gasteiger partial charge in [-0.2, -0.15) is 5.10 Å². The molecule has 14 heavy (non-hydrogen) atoms. The third-order valence-electron chi connectivity index (χ3n) is 3.13. The highest BCUT2D eigenvalue weighted by Gasteiger charge is 2.22. The van der Waals surface area contributed by atoms with Gasteiger partial charge in [-0.25, -0.2) is 0 Å². The van der Waals surface area contributed by atoms with Gasteiger partial charge in [-0.3, -0.25) is 5.10 Å². The van der Waals surface area contributed by atoms with Crippen molar-refractivity contribution in [2.45, 2.75) is 20.8 Å². The van der Waals surface area contributed by atoms with E-state index < -0.39 is 0 Å². The fourth-order valence-corrected chi connectivity index (χ4v) is 1.63. The molecule has 1 atom stereocenters. The number of nitrogens with zero attached hydrogens (tertiary/aromatic N) is 1. The Balaban J connectivity index is 2.64. The fourth-order valence-electron chi connectivity index (χ4n) is 1.63. The van der Waals surface area contributed by atoms with Gasteiger partial charge < -0.3 is 0 Å². The maximum atomic E-state index is 4.05. The van der Waals surface area contributed by atoms with Crippen LogP contribution < -0.4 is 10.6 Å². The first-order chi connectivity index (χ1) is 6.62. The third kappa shape index (κ3) is 1.41. The summed E-state index contributed by atoms with van der Waals surface area (Å²) in [5.74, 6) is 0.585. The molecular weight excluding hydrogens is 172 g/mol. The lowest BCUT2D eigenvalue weighted by atomic mass is 9.79. The first-order valence-electron chi connectivity index (χ1n) is 5.04. The average molecular weight is 188 g/mol. The van der Waals surface area contributed by atoms with Crippen molar-refractivity contribution in [1.29, 1.82) is 0 Å². The predicted molar refractivity (Wildman–Crippen MR) is 58.9 cm³/mol. The molecule has 2 rings (SSSR count). The summed E-state index contributed by atoms with van der Waals surface area (Å²) in [6.45, 7) is 6.72. The number of H-pyrrole nitrogens is 1. The Labute approximate surface area is 84.0 Å². The van der Waals surface area contributed by atoms with Gasteiger partial charge in [0.2, 0.25) is 0 Å². The van der Waals surface area contributed by atoms with Crippen LogP contribution in [0.3, 0.4) is 0 Å². The van der Waals surface area contributed by atoms with Crippen LogP contribution in [0.15, 0.2) is 18.3 Å². The molecule has 1 N–H and O–H groups in total. The van der Waals surface area contributed by atoms with Gasteiger partial charge in [-0.1, -0.05) is 39.0 Å². The van der Waals surface area contributed by atoms with Crippen LogP contribution >= 0.6 is 0 Å². The zero-order chi connectivity index (χ0) is 10.2. The van der Waals surface area contributed by atoms with Crippen molar-refractivity contribution < 1.29 is 0 Å². The molecule has 1 heterocycles. The topological polar surface area (TPSA) is 28.7 Å². The SMILES string of the molecule is CC(C)C1(C)C=CC=c2cn[nH]c2=C1. The number of allylic oxidation sites excluding steroid dienone is 2. The van der Waals surface area contributed by atoms with Crippen LogP contribution in [0.1, 0.15) is 20.8 Å². The van der Waals surface area contributed by atoms with Crippen molar-refractivity contribution >= 4 is 12.2 Å². The van der Waals surface area contributed by atoms with E-state index in [1.807, 2.05) is 6.20 Å². The minimum atomic E-state index is 0.119. The summed E-state index contributed by atoms with van der Waals surface area (Å²) in [6.07, 6.45) is 10.6.